The number of ether oxygens (including phenoxy) is 1. The van der Waals surface area contributed by atoms with Gasteiger partial charge in [0, 0.05) is 56.6 Å². The van der Waals surface area contributed by atoms with Crippen LogP contribution in [0.4, 0.5) is 0 Å². The molecule has 3 aromatic rings. The van der Waals surface area contributed by atoms with Crippen LogP contribution in [0.1, 0.15) is 28.0 Å². The maximum atomic E-state index is 13.2. The van der Waals surface area contributed by atoms with E-state index in [2.05, 4.69) is 22.2 Å². The van der Waals surface area contributed by atoms with Crippen molar-refractivity contribution in [2.24, 2.45) is 0 Å². The van der Waals surface area contributed by atoms with Gasteiger partial charge in [-0.15, -0.1) is 11.3 Å². The van der Waals surface area contributed by atoms with Gasteiger partial charge in [0.2, 0.25) is 0 Å². The van der Waals surface area contributed by atoms with Gasteiger partial charge in [0.15, 0.2) is 0 Å². The second-order valence-electron chi connectivity index (χ2n) is 7.25. The number of benzene rings is 1. The first-order valence-corrected chi connectivity index (χ1v) is 11.3. The fraction of sp³-hybridized carbons (Fsp3) is 0.364. The van der Waals surface area contributed by atoms with Gasteiger partial charge in [0.1, 0.15) is 5.75 Å². The Kier molecular flexibility index (Phi) is 6.41. The Labute approximate surface area is 185 Å². The molecule has 1 aliphatic heterocycles. The molecule has 1 aromatic carbocycles. The molecule has 0 spiro atoms. The standard InChI is InChI=1S/C22H25ClN4O2S/c1-3-21-24-16(15-30-21)14-25-8-10-27(11-9-25)22(28)17-12-18(23)19(13-20(17)29-2)26-6-4-5-7-26/h4-7,12-13,15H,3,8-11,14H2,1-2H3. The quantitative estimate of drug-likeness (QED) is 0.574. The van der Waals surface area contributed by atoms with E-state index in [0.29, 0.717) is 29.4 Å². The van der Waals surface area contributed by atoms with Gasteiger partial charge in [0.05, 0.1) is 34.1 Å². The SMILES string of the molecule is CCc1nc(CN2CCN(C(=O)c3cc(Cl)c(-n4cccc4)cc3OC)CC2)cs1. The van der Waals surface area contributed by atoms with E-state index >= 15 is 0 Å². The van der Waals surface area contributed by atoms with E-state index in [-0.39, 0.29) is 5.91 Å². The van der Waals surface area contributed by atoms with E-state index in [9.17, 15) is 4.79 Å². The van der Waals surface area contributed by atoms with Crippen LogP contribution in [0.25, 0.3) is 5.69 Å². The number of nitrogens with zero attached hydrogens (tertiary/aromatic N) is 4. The number of hydrogen-bond donors (Lipinski definition) is 0. The van der Waals surface area contributed by atoms with Gasteiger partial charge in [-0.2, -0.15) is 0 Å². The molecule has 4 rings (SSSR count). The first-order valence-electron chi connectivity index (χ1n) is 10.0. The number of thiazole rings is 1. The fourth-order valence-electron chi connectivity index (χ4n) is 3.66. The van der Waals surface area contributed by atoms with Crippen LogP contribution in [0.5, 0.6) is 5.75 Å². The summed E-state index contributed by atoms with van der Waals surface area (Å²) < 4.78 is 7.43. The number of aryl methyl sites for hydroxylation is 1. The van der Waals surface area contributed by atoms with Crippen molar-refractivity contribution in [3.8, 4) is 11.4 Å². The van der Waals surface area contributed by atoms with E-state index in [1.807, 2.05) is 40.1 Å². The molecule has 0 aliphatic carbocycles. The maximum Gasteiger partial charge on any atom is 0.257 e. The number of hydrogen-bond acceptors (Lipinski definition) is 5. The number of aromatic nitrogens is 2. The summed E-state index contributed by atoms with van der Waals surface area (Å²) >= 11 is 8.21. The average molecular weight is 445 g/mol. The molecule has 2 aromatic heterocycles. The van der Waals surface area contributed by atoms with Crippen molar-refractivity contribution >= 4 is 28.8 Å². The molecule has 0 saturated carbocycles. The predicted octanol–water partition coefficient (Wildman–Crippen LogP) is 4.12. The molecule has 30 heavy (non-hydrogen) atoms. The lowest BCUT2D eigenvalue weighted by molar-refractivity contribution is 0.0624. The van der Waals surface area contributed by atoms with Crippen LogP contribution in [0.15, 0.2) is 42.0 Å². The largest absolute Gasteiger partial charge is 0.496 e. The van der Waals surface area contributed by atoms with Gasteiger partial charge >= 0.3 is 0 Å². The van der Waals surface area contributed by atoms with Gasteiger partial charge in [-0.25, -0.2) is 4.98 Å². The summed E-state index contributed by atoms with van der Waals surface area (Å²) in [5.41, 5.74) is 2.40. The molecule has 1 aliphatic rings. The van der Waals surface area contributed by atoms with Crippen molar-refractivity contribution in [3.05, 3.63) is 63.3 Å². The highest BCUT2D eigenvalue weighted by atomic mass is 35.5. The summed E-state index contributed by atoms with van der Waals surface area (Å²) in [7, 11) is 1.58. The lowest BCUT2D eigenvalue weighted by Gasteiger charge is -2.34. The summed E-state index contributed by atoms with van der Waals surface area (Å²) in [5, 5.41) is 3.82. The van der Waals surface area contributed by atoms with Crippen LogP contribution >= 0.6 is 22.9 Å². The number of halogens is 1. The third-order valence-corrected chi connectivity index (χ3v) is 6.67. The summed E-state index contributed by atoms with van der Waals surface area (Å²) in [6.07, 6.45) is 4.79. The van der Waals surface area contributed by atoms with E-state index < -0.39 is 0 Å². The van der Waals surface area contributed by atoms with Crippen LogP contribution in [0.3, 0.4) is 0 Å². The summed E-state index contributed by atoms with van der Waals surface area (Å²) in [4.78, 5) is 22.1. The Morgan fingerprint density at radius 3 is 2.57 bits per heavy atom. The Morgan fingerprint density at radius 2 is 1.93 bits per heavy atom. The van der Waals surface area contributed by atoms with Gasteiger partial charge in [0.25, 0.3) is 5.91 Å². The molecule has 1 fully saturated rings. The number of amides is 1. The van der Waals surface area contributed by atoms with Crippen molar-refractivity contribution in [2.75, 3.05) is 33.3 Å². The zero-order chi connectivity index (χ0) is 21.1. The average Bonchev–Trinajstić information content (AvgIpc) is 3.46. The van der Waals surface area contributed by atoms with Crippen molar-refractivity contribution in [3.63, 3.8) is 0 Å². The molecular formula is C22H25ClN4O2S. The number of rotatable bonds is 6. The van der Waals surface area contributed by atoms with Crippen molar-refractivity contribution in [2.45, 2.75) is 19.9 Å². The molecule has 0 N–H and O–H groups in total. The van der Waals surface area contributed by atoms with E-state index in [1.54, 1.807) is 24.5 Å². The molecule has 1 amide bonds. The summed E-state index contributed by atoms with van der Waals surface area (Å²) in [6.45, 7) is 5.94. The smallest absolute Gasteiger partial charge is 0.257 e. The molecule has 0 atom stereocenters. The van der Waals surface area contributed by atoms with E-state index in [0.717, 1.165) is 37.4 Å². The van der Waals surface area contributed by atoms with Crippen LogP contribution in [-0.2, 0) is 13.0 Å². The number of methoxy groups -OCH3 is 1. The summed E-state index contributed by atoms with van der Waals surface area (Å²) in [5.74, 6) is 0.486. The third-order valence-electron chi connectivity index (χ3n) is 5.33. The Balaban J connectivity index is 1.44. The van der Waals surface area contributed by atoms with Crippen LogP contribution in [0.2, 0.25) is 5.02 Å². The first-order chi connectivity index (χ1) is 14.6. The van der Waals surface area contributed by atoms with Crippen LogP contribution in [0, 0.1) is 0 Å². The van der Waals surface area contributed by atoms with Gasteiger partial charge < -0.3 is 14.2 Å². The van der Waals surface area contributed by atoms with Crippen molar-refractivity contribution in [1.29, 1.82) is 0 Å². The molecule has 0 bridgehead atoms. The van der Waals surface area contributed by atoms with Crippen molar-refractivity contribution < 1.29 is 9.53 Å². The zero-order valence-electron chi connectivity index (χ0n) is 17.2. The highest BCUT2D eigenvalue weighted by molar-refractivity contribution is 7.09. The number of piperazine rings is 1. The molecule has 6 nitrogen and oxygen atoms in total. The normalized spacial score (nSPS) is 14.8. The predicted molar refractivity (Wildman–Crippen MR) is 120 cm³/mol. The first kappa shape index (κ1) is 20.9. The van der Waals surface area contributed by atoms with Crippen molar-refractivity contribution in [1.82, 2.24) is 19.4 Å². The summed E-state index contributed by atoms with van der Waals surface area (Å²) in [6, 6.07) is 7.39. The fourth-order valence-corrected chi connectivity index (χ4v) is 4.66. The molecule has 8 heteroatoms. The minimum atomic E-state index is -0.0469. The zero-order valence-corrected chi connectivity index (χ0v) is 18.7. The lowest BCUT2D eigenvalue weighted by Crippen LogP contribution is -2.48. The number of carbonyl (C=O) groups excluding carboxylic acids is 1. The Bertz CT molecular complexity index is 1010. The maximum absolute atomic E-state index is 13.2. The molecule has 0 unspecified atom stereocenters. The minimum absolute atomic E-state index is 0.0469. The van der Waals surface area contributed by atoms with E-state index in [1.165, 1.54) is 5.01 Å². The topological polar surface area (TPSA) is 50.6 Å². The van der Waals surface area contributed by atoms with Crippen LogP contribution < -0.4 is 4.74 Å². The highest BCUT2D eigenvalue weighted by Gasteiger charge is 2.26. The lowest BCUT2D eigenvalue weighted by atomic mass is 10.1. The Morgan fingerprint density at radius 1 is 1.20 bits per heavy atom. The Hall–Kier alpha value is -2.35. The molecule has 1 saturated heterocycles. The molecule has 0 radical (unpaired) electrons. The second-order valence-corrected chi connectivity index (χ2v) is 8.60. The van der Waals surface area contributed by atoms with E-state index in [4.69, 9.17) is 16.3 Å². The van der Waals surface area contributed by atoms with Gasteiger partial charge in [-0.3, -0.25) is 9.69 Å². The second kappa shape index (κ2) is 9.20. The van der Waals surface area contributed by atoms with Crippen LogP contribution in [-0.4, -0.2) is 58.5 Å². The minimum Gasteiger partial charge on any atom is -0.496 e. The monoisotopic (exact) mass is 444 g/mol. The molecule has 158 valence electrons. The highest BCUT2D eigenvalue weighted by Crippen LogP contribution is 2.31. The van der Waals surface area contributed by atoms with Gasteiger partial charge in [-0.1, -0.05) is 18.5 Å². The molecular weight excluding hydrogens is 420 g/mol. The molecule has 3 heterocycles. The van der Waals surface area contributed by atoms with Gasteiger partial charge in [-0.05, 0) is 24.6 Å². The third kappa shape index (κ3) is 4.38. The number of carbonyl (C=O) groups is 1.